The van der Waals surface area contributed by atoms with Crippen molar-refractivity contribution < 1.29 is 23.8 Å². The molecule has 1 unspecified atom stereocenters. The molecule has 3 atom stereocenters. The molecule has 2 fully saturated rings. The Morgan fingerprint density at radius 2 is 1.90 bits per heavy atom. The van der Waals surface area contributed by atoms with Gasteiger partial charge in [-0.05, 0) is 84.4 Å². The Morgan fingerprint density at radius 1 is 1.10 bits per heavy atom. The van der Waals surface area contributed by atoms with Crippen LogP contribution in [0, 0.1) is 24.6 Å². The number of carboxylic acid groups (broad SMARTS) is 1. The summed E-state index contributed by atoms with van der Waals surface area (Å²) < 4.78 is 27.1. The molecule has 40 heavy (non-hydrogen) atoms. The fourth-order valence-electron chi connectivity index (χ4n) is 6.36. The lowest BCUT2D eigenvalue weighted by Crippen LogP contribution is -2.35. The van der Waals surface area contributed by atoms with Crippen molar-refractivity contribution in [2.75, 3.05) is 26.3 Å². The van der Waals surface area contributed by atoms with Gasteiger partial charge in [-0.15, -0.1) is 0 Å². The zero-order valence-electron chi connectivity index (χ0n) is 23.2. The Balaban J connectivity index is 1.31. The maximum atomic E-state index is 14.9. The molecule has 0 bridgehead atoms. The number of pyridine rings is 1. The summed E-state index contributed by atoms with van der Waals surface area (Å²) in [7, 11) is 0. The molecule has 1 aliphatic carbocycles. The highest BCUT2D eigenvalue weighted by molar-refractivity contribution is 5.71. The maximum absolute atomic E-state index is 14.9. The highest BCUT2D eigenvalue weighted by Gasteiger charge is 2.39. The lowest BCUT2D eigenvalue weighted by molar-refractivity contribution is -0.142. The first-order valence-corrected chi connectivity index (χ1v) is 14.4. The summed E-state index contributed by atoms with van der Waals surface area (Å²) >= 11 is 0. The van der Waals surface area contributed by atoms with E-state index in [9.17, 15) is 14.3 Å². The number of aliphatic carboxylic acids is 1. The predicted molar refractivity (Wildman–Crippen MR) is 151 cm³/mol. The molecule has 1 saturated carbocycles. The number of morpholine rings is 1. The maximum Gasteiger partial charge on any atom is 0.306 e. The van der Waals surface area contributed by atoms with E-state index < -0.39 is 11.9 Å². The summed E-state index contributed by atoms with van der Waals surface area (Å²) in [6.45, 7) is 7.49. The van der Waals surface area contributed by atoms with E-state index >= 15 is 0 Å². The molecule has 210 valence electrons. The largest absolute Gasteiger partial charge is 0.485 e. The number of fused-ring (bicyclic) bond motifs is 1. The van der Waals surface area contributed by atoms with Gasteiger partial charge in [0, 0.05) is 30.9 Å². The van der Waals surface area contributed by atoms with E-state index in [0.717, 1.165) is 78.0 Å². The van der Waals surface area contributed by atoms with Crippen molar-refractivity contribution >= 4 is 5.97 Å². The molecule has 7 heteroatoms. The van der Waals surface area contributed by atoms with Gasteiger partial charge in [-0.3, -0.25) is 14.7 Å². The third-order valence-electron chi connectivity index (χ3n) is 8.76. The minimum atomic E-state index is -0.748. The molecule has 1 N–H and O–H groups in total. The highest BCUT2D eigenvalue weighted by atomic mass is 19.1. The van der Waals surface area contributed by atoms with Crippen molar-refractivity contribution in [2.24, 2.45) is 11.8 Å². The summed E-state index contributed by atoms with van der Waals surface area (Å²) in [4.78, 5) is 18.3. The number of halogens is 1. The Labute approximate surface area is 235 Å². The van der Waals surface area contributed by atoms with E-state index in [1.54, 1.807) is 0 Å². The summed E-state index contributed by atoms with van der Waals surface area (Å²) in [5.41, 5.74) is 6.60. The molecular formula is C33H37FN2O4. The second kappa shape index (κ2) is 11.3. The average molecular weight is 545 g/mol. The standard InChI is InChI=1S/C33H37FN2O4/c1-20-15-28(29(34)18-35-20)27-9-7-24(16-26(27)19-36-11-13-39-14-12-36)30-10-8-22-3-6-25(17-31(22)40-30)32(23-4-5-23)21(2)33(37)38/h3,6-7,9,15-18,21,23,30,32H,4-5,8,10-14,19H2,1-2H3,(H,37,38)/t21-,30?,32-/m0/s1. The van der Waals surface area contributed by atoms with Crippen LogP contribution in [0.2, 0.25) is 0 Å². The molecule has 3 aromatic rings. The molecule has 2 aromatic carbocycles. The lowest BCUT2D eigenvalue weighted by Gasteiger charge is -2.30. The van der Waals surface area contributed by atoms with E-state index in [-0.39, 0.29) is 17.8 Å². The monoisotopic (exact) mass is 544 g/mol. The summed E-state index contributed by atoms with van der Waals surface area (Å²) in [6, 6.07) is 14.4. The smallest absolute Gasteiger partial charge is 0.306 e. The van der Waals surface area contributed by atoms with Crippen molar-refractivity contribution in [3.63, 3.8) is 0 Å². The number of hydrogen-bond acceptors (Lipinski definition) is 5. The fraction of sp³-hybridized carbons (Fsp3) is 0.455. The predicted octanol–water partition coefficient (Wildman–Crippen LogP) is 6.31. The Kier molecular flexibility index (Phi) is 7.60. The van der Waals surface area contributed by atoms with Crippen molar-refractivity contribution in [1.82, 2.24) is 9.88 Å². The number of nitrogens with zero attached hydrogens (tertiary/aromatic N) is 2. The number of aromatic nitrogens is 1. The van der Waals surface area contributed by atoms with Gasteiger partial charge < -0.3 is 14.6 Å². The minimum absolute atomic E-state index is 0.00454. The number of hydrogen-bond donors (Lipinski definition) is 1. The van der Waals surface area contributed by atoms with Crippen molar-refractivity contribution in [1.29, 1.82) is 0 Å². The quantitative estimate of drug-likeness (QED) is 0.358. The molecule has 2 aliphatic heterocycles. The minimum Gasteiger partial charge on any atom is -0.485 e. The SMILES string of the molecule is Cc1cc(-c2ccc(C3CCc4ccc([C@H](C5CC5)[C@H](C)C(=O)O)cc4O3)cc2CN2CCOCC2)c(F)cn1. The second-order valence-electron chi connectivity index (χ2n) is 11.6. The van der Waals surface area contributed by atoms with Crippen LogP contribution in [0.1, 0.15) is 66.2 Å². The third kappa shape index (κ3) is 5.63. The highest BCUT2D eigenvalue weighted by Crippen LogP contribution is 2.48. The van der Waals surface area contributed by atoms with Crippen molar-refractivity contribution in [2.45, 2.75) is 58.1 Å². The van der Waals surface area contributed by atoms with Gasteiger partial charge in [0.25, 0.3) is 0 Å². The summed E-state index contributed by atoms with van der Waals surface area (Å²) in [6.07, 6.45) is 5.08. The van der Waals surface area contributed by atoms with Crippen molar-refractivity contribution in [3.05, 3.63) is 82.4 Å². The molecule has 1 saturated heterocycles. The first-order chi connectivity index (χ1) is 19.4. The van der Waals surface area contributed by atoms with Crippen LogP contribution in [0.15, 0.2) is 48.7 Å². The van der Waals surface area contributed by atoms with Gasteiger partial charge in [0.15, 0.2) is 0 Å². The molecule has 3 aliphatic rings. The van der Waals surface area contributed by atoms with Crippen LogP contribution in [0.25, 0.3) is 11.1 Å². The first-order valence-electron chi connectivity index (χ1n) is 14.4. The van der Waals surface area contributed by atoms with Gasteiger partial charge in [0.2, 0.25) is 0 Å². The van der Waals surface area contributed by atoms with Crippen LogP contribution in [-0.4, -0.2) is 47.3 Å². The van der Waals surface area contributed by atoms with Gasteiger partial charge in [-0.25, -0.2) is 4.39 Å². The van der Waals surface area contributed by atoms with Gasteiger partial charge in [0.1, 0.15) is 17.7 Å². The van der Waals surface area contributed by atoms with Crippen molar-refractivity contribution in [3.8, 4) is 16.9 Å². The van der Waals surface area contributed by atoms with Crippen LogP contribution in [0.3, 0.4) is 0 Å². The lowest BCUT2D eigenvalue weighted by atomic mass is 9.82. The number of carbonyl (C=O) groups is 1. The molecule has 0 amide bonds. The van der Waals surface area contributed by atoms with Crippen LogP contribution in [-0.2, 0) is 22.5 Å². The number of ether oxygens (including phenoxy) is 2. The van der Waals surface area contributed by atoms with Crippen LogP contribution in [0.5, 0.6) is 5.75 Å². The van der Waals surface area contributed by atoms with Gasteiger partial charge in [-0.1, -0.05) is 37.3 Å². The molecule has 1 aromatic heterocycles. The molecule has 6 nitrogen and oxygen atoms in total. The van der Waals surface area contributed by atoms with E-state index in [1.807, 2.05) is 26.0 Å². The van der Waals surface area contributed by atoms with E-state index in [4.69, 9.17) is 9.47 Å². The number of carboxylic acids is 1. The Hall–Kier alpha value is -3.29. The normalized spacial score (nSPS) is 20.8. The average Bonchev–Trinajstić information content (AvgIpc) is 3.80. The number of benzene rings is 2. The van der Waals surface area contributed by atoms with Crippen LogP contribution >= 0.6 is 0 Å². The zero-order valence-corrected chi connectivity index (χ0v) is 23.2. The topological polar surface area (TPSA) is 71.9 Å². The van der Waals surface area contributed by atoms with E-state index in [2.05, 4.69) is 40.2 Å². The number of rotatable bonds is 8. The number of aryl methyl sites for hydroxylation is 2. The Bertz CT molecular complexity index is 1400. The summed E-state index contributed by atoms with van der Waals surface area (Å²) in [5, 5.41) is 9.73. The van der Waals surface area contributed by atoms with Gasteiger partial charge in [-0.2, -0.15) is 0 Å². The molecule has 6 rings (SSSR count). The van der Waals surface area contributed by atoms with Crippen LogP contribution < -0.4 is 4.74 Å². The summed E-state index contributed by atoms with van der Waals surface area (Å²) in [5.74, 6) is -0.218. The molecular weight excluding hydrogens is 507 g/mol. The van der Waals surface area contributed by atoms with E-state index in [0.29, 0.717) is 31.2 Å². The molecule has 0 radical (unpaired) electrons. The second-order valence-corrected chi connectivity index (χ2v) is 11.6. The first kappa shape index (κ1) is 26.9. The van der Waals surface area contributed by atoms with Gasteiger partial charge in [0.05, 0.1) is 25.3 Å². The zero-order chi connectivity index (χ0) is 27.8. The van der Waals surface area contributed by atoms with Gasteiger partial charge >= 0.3 is 5.97 Å². The molecule has 3 heterocycles. The fourth-order valence-corrected chi connectivity index (χ4v) is 6.36. The van der Waals surface area contributed by atoms with E-state index in [1.165, 1.54) is 6.20 Å². The molecule has 0 spiro atoms. The Morgan fingerprint density at radius 3 is 2.65 bits per heavy atom. The third-order valence-corrected chi connectivity index (χ3v) is 8.76. The van der Waals surface area contributed by atoms with Crippen LogP contribution in [0.4, 0.5) is 4.39 Å².